The molecular weight excluding hydrogens is 330 g/mol. The summed E-state index contributed by atoms with van der Waals surface area (Å²) in [6, 6.07) is 8.12. The van der Waals surface area contributed by atoms with Crippen molar-refractivity contribution >= 4 is 21.8 Å². The summed E-state index contributed by atoms with van der Waals surface area (Å²) in [6.45, 7) is 5.59. The Morgan fingerprint density at radius 3 is 2.81 bits per heavy atom. The van der Waals surface area contributed by atoms with Crippen molar-refractivity contribution < 1.29 is 4.79 Å². The van der Waals surface area contributed by atoms with Crippen LogP contribution in [0.1, 0.15) is 24.9 Å². The lowest BCUT2D eigenvalue weighted by Gasteiger charge is -2.19. The summed E-state index contributed by atoms with van der Waals surface area (Å²) in [4.78, 5) is 14.4. The van der Waals surface area contributed by atoms with Gasteiger partial charge in [0.25, 0.3) is 0 Å². The van der Waals surface area contributed by atoms with E-state index in [0.29, 0.717) is 12.5 Å². The molecule has 0 radical (unpaired) electrons. The van der Waals surface area contributed by atoms with Crippen molar-refractivity contribution in [3.63, 3.8) is 0 Å². The number of hydrogen-bond acceptors (Lipinski definition) is 3. The Kier molecular flexibility index (Phi) is 6.21. The highest BCUT2D eigenvalue weighted by Crippen LogP contribution is 2.17. The molecule has 2 rings (SSSR count). The van der Waals surface area contributed by atoms with E-state index >= 15 is 0 Å². The predicted molar refractivity (Wildman–Crippen MR) is 89.2 cm³/mol. The molecule has 4 nitrogen and oxygen atoms in total. The number of amides is 1. The van der Waals surface area contributed by atoms with Gasteiger partial charge in [-0.2, -0.15) is 0 Å². The van der Waals surface area contributed by atoms with Gasteiger partial charge in [-0.05, 0) is 57.1 Å². The van der Waals surface area contributed by atoms with Crippen LogP contribution in [0.15, 0.2) is 28.7 Å². The maximum atomic E-state index is 12.1. The van der Waals surface area contributed by atoms with Crippen LogP contribution in [0.5, 0.6) is 0 Å². The maximum Gasteiger partial charge on any atom is 0.234 e. The number of hydrogen-bond donors (Lipinski definition) is 2. The predicted octanol–water partition coefficient (Wildman–Crippen LogP) is 2.17. The van der Waals surface area contributed by atoms with Crippen molar-refractivity contribution in [2.45, 2.75) is 19.4 Å². The Morgan fingerprint density at radius 2 is 2.14 bits per heavy atom. The summed E-state index contributed by atoms with van der Waals surface area (Å²) in [7, 11) is 1.98. The second kappa shape index (κ2) is 7.92. The first-order valence-electron chi connectivity index (χ1n) is 7.50. The summed E-state index contributed by atoms with van der Waals surface area (Å²) in [6.07, 6.45) is 1.18. The number of carbonyl (C=O) groups excluding carboxylic acids is 1. The summed E-state index contributed by atoms with van der Waals surface area (Å²) in [5.74, 6) is 0.780. The van der Waals surface area contributed by atoms with Crippen molar-refractivity contribution in [2.24, 2.45) is 5.92 Å². The molecule has 1 heterocycles. The fraction of sp³-hybridized carbons (Fsp3) is 0.562. The third-order valence-corrected chi connectivity index (χ3v) is 4.51. The van der Waals surface area contributed by atoms with Gasteiger partial charge in [-0.1, -0.05) is 28.1 Å². The molecule has 5 heteroatoms. The van der Waals surface area contributed by atoms with Crippen molar-refractivity contribution in [3.05, 3.63) is 34.3 Å². The Balaban J connectivity index is 1.78. The van der Waals surface area contributed by atoms with Gasteiger partial charge in [-0.15, -0.1) is 0 Å². The Labute approximate surface area is 135 Å². The molecule has 0 spiro atoms. The van der Waals surface area contributed by atoms with Crippen LogP contribution in [0.3, 0.4) is 0 Å². The van der Waals surface area contributed by atoms with Crippen molar-refractivity contribution in [1.82, 2.24) is 15.5 Å². The molecule has 1 aromatic carbocycles. The molecule has 1 amide bonds. The molecule has 0 saturated carbocycles. The molecular formula is C16H24BrN3O. The lowest BCUT2D eigenvalue weighted by Crippen LogP contribution is -2.37. The van der Waals surface area contributed by atoms with Crippen molar-refractivity contribution in [3.8, 4) is 0 Å². The van der Waals surface area contributed by atoms with Gasteiger partial charge in [0.15, 0.2) is 0 Å². The van der Waals surface area contributed by atoms with Crippen LogP contribution < -0.4 is 10.6 Å². The number of nitrogens with zero attached hydrogens (tertiary/aromatic N) is 1. The van der Waals surface area contributed by atoms with Gasteiger partial charge in [-0.25, -0.2) is 0 Å². The fourth-order valence-corrected chi connectivity index (χ4v) is 3.10. The third-order valence-electron chi connectivity index (χ3n) is 3.98. The number of halogens is 1. The standard InChI is InChI=1S/C16H24BrN3O/c1-12(14-3-5-15(17)6-4-14)19-16(21)11-20-8-7-13(10-20)9-18-2/h3-6,12-13,18H,7-11H2,1-2H3,(H,19,21). The monoisotopic (exact) mass is 353 g/mol. The first-order valence-corrected chi connectivity index (χ1v) is 8.29. The second-order valence-corrected chi connectivity index (χ2v) is 6.70. The number of benzene rings is 1. The van der Waals surface area contributed by atoms with E-state index in [1.807, 2.05) is 38.2 Å². The Morgan fingerprint density at radius 1 is 1.43 bits per heavy atom. The summed E-state index contributed by atoms with van der Waals surface area (Å²) in [5, 5.41) is 6.29. The van der Waals surface area contributed by atoms with Gasteiger partial charge in [0.05, 0.1) is 12.6 Å². The van der Waals surface area contributed by atoms with Crippen molar-refractivity contribution in [2.75, 3.05) is 33.2 Å². The molecule has 1 fully saturated rings. The van der Waals surface area contributed by atoms with Crippen LogP contribution in [0.4, 0.5) is 0 Å². The molecule has 1 saturated heterocycles. The van der Waals surface area contributed by atoms with Gasteiger partial charge in [0, 0.05) is 11.0 Å². The zero-order valence-corrected chi connectivity index (χ0v) is 14.3. The zero-order chi connectivity index (χ0) is 15.2. The lowest BCUT2D eigenvalue weighted by molar-refractivity contribution is -0.122. The molecule has 1 aromatic rings. The molecule has 0 bridgehead atoms. The zero-order valence-electron chi connectivity index (χ0n) is 12.7. The highest BCUT2D eigenvalue weighted by Gasteiger charge is 2.23. The number of likely N-dealkylation sites (tertiary alicyclic amines) is 1. The first kappa shape index (κ1) is 16.5. The molecule has 2 atom stereocenters. The molecule has 1 aliphatic rings. The minimum absolute atomic E-state index is 0.0429. The smallest absolute Gasteiger partial charge is 0.234 e. The molecule has 0 aliphatic carbocycles. The van der Waals surface area contributed by atoms with E-state index in [-0.39, 0.29) is 11.9 Å². The van der Waals surface area contributed by atoms with Crippen LogP contribution in [0.2, 0.25) is 0 Å². The van der Waals surface area contributed by atoms with E-state index in [1.54, 1.807) is 0 Å². The normalized spacial score (nSPS) is 20.4. The second-order valence-electron chi connectivity index (χ2n) is 5.79. The largest absolute Gasteiger partial charge is 0.348 e. The molecule has 21 heavy (non-hydrogen) atoms. The minimum atomic E-state index is 0.0429. The maximum absolute atomic E-state index is 12.1. The molecule has 2 unspecified atom stereocenters. The van der Waals surface area contributed by atoms with E-state index < -0.39 is 0 Å². The van der Waals surface area contributed by atoms with E-state index in [9.17, 15) is 4.79 Å². The molecule has 2 N–H and O–H groups in total. The lowest BCUT2D eigenvalue weighted by atomic mass is 10.1. The minimum Gasteiger partial charge on any atom is -0.348 e. The quantitative estimate of drug-likeness (QED) is 0.823. The van der Waals surface area contributed by atoms with E-state index in [0.717, 1.165) is 29.7 Å². The topological polar surface area (TPSA) is 44.4 Å². The van der Waals surface area contributed by atoms with Gasteiger partial charge in [0.2, 0.25) is 5.91 Å². The van der Waals surface area contributed by atoms with Crippen LogP contribution in [-0.2, 0) is 4.79 Å². The van der Waals surface area contributed by atoms with Crippen molar-refractivity contribution in [1.29, 1.82) is 0 Å². The Bertz CT molecular complexity index is 463. The highest BCUT2D eigenvalue weighted by atomic mass is 79.9. The molecule has 1 aliphatic heterocycles. The fourth-order valence-electron chi connectivity index (χ4n) is 2.84. The number of rotatable bonds is 6. The summed E-state index contributed by atoms with van der Waals surface area (Å²) < 4.78 is 1.05. The van der Waals surface area contributed by atoms with Crippen LogP contribution >= 0.6 is 15.9 Å². The van der Waals surface area contributed by atoms with Gasteiger partial charge >= 0.3 is 0 Å². The molecule has 116 valence electrons. The van der Waals surface area contributed by atoms with Gasteiger partial charge < -0.3 is 10.6 Å². The summed E-state index contributed by atoms with van der Waals surface area (Å²) >= 11 is 3.42. The van der Waals surface area contributed by atoms with Gasteiger partial charge in [0.1, 0.15) is 0 Å². The Hall–Kier alpha value is -0.910. The summed E-state index contributed by atoms with van der Waals surface area (Å²) in [5.41, 5.74) is 1.13. The van der Waals surface area contributed by atoms with E-state index in [2.05, 4.69) is 31.5 Å². The van der Waals surface area contributed by atoms with Crippen LogP contribution in [0.25, 0.3) is 0 Å². The van der Waals surface area contributed by atoms with Crippen LogP contribution in [0, 0.1) is 5.92 Å². The number of carbonyl (C=O) groups is 1. The SMILES string of the molecule is CNCC1CCN(CC(=O)NC(C)c2ccc(Br)cc2)C1. The van der Waals surface area contributed by atoms with Crippen LogP contribution in [-0.4, -0.2) is 44.0 Å². The van der Waals surface area contributed by atoms with Gasteiger partial charge in [-0.3, -0.25) is 9.69 Å². The first-order chi connectivity index (χ1) is 10.1. The molecule has 0 aromatic heterocycles. The van der Waals surface area contributed by atoms with E-state index in [1.165, 1.54) is 6.42 Å². The third kappa shape index (κ3) is 5.09. The average Bonchev–Trinajstić information content (AvgIpc) is 2.87. The van der Waals surface area contributed by atoms with E-state index in [4.69, 9.17) is 0 Å². The number of nitrogens with one attached hydrogen (secondary N) is 2. The average molecular weight is 354 g/mol. The highest BCUT2D eigenvalue weighted by molar-refractivity contribution is 9.10.